The summed E-state index contributed by atoms with van der Waals surface area (Å²) in [5.74, 6) is -0.960. The first-order valence-corrected chi connectivity index (χ1v) is 4.02. The van der Waals surface area contributed by atoms with Gasteiger partial charge >= 0.3 is 5.97 Å². The minimum atomic E-state index is -0.960. The van der Waals surface area contributed by atoms with E-state index >= 15 is 0 Å². The van der Waals surface area contributed by atoms with E-state index in [-0.39, 0.29) is 0 Å². The maximum Gasteiger partial charge on any atom is 0.320 e. The van der Waals surface area contributed by atoms with Crippen LogP contribution in [0.5, 0.6) is 0 Å². The number of nitrogens with two attached hydrogens (primary N) is 1. The minimum Gasteiger partial charge on any atom is -0.480 e. The molecule has 0 fully saturated rings. The van der Waals surface area contributed by atoms with Crippen LogP contribution in [0.3, 0.4) is 0 Å². The molecule has 1 rings (SSSR count). The van der Waals surface area contributed by atoms with Crippen molar-refractivity contribution in [2.75, 3.05) is 0 Å². The lowest BCUT2D eigenvalue weighted by Crippen LogP contribution is -2.30. The second-order valence-electron chi connectivity index (χ2n) is 2.75. The van der Waals surface area contributed by atoms with E-state index in [0.29, 0.717) is 19.4 Å². The first-order chi connectivity index (χ1) is 6.20. The normalized spacial score (nSPS) is 12.7. The van der Waals surface area contributed by atoms with Crippen molar-refractivity contribution in [2.45, 2.75) is 25.4 Å². The van der Waals surface area contributed by atoms with Gasteiger partial charge in [-0.15, -0.1) is 5.10 Å². The van der Waals surface area contributed by atoms with Gasteiger partial charge in [-0.2, -0.15) is 0 Å². The van der Waals surface area contributed by atoms with Crippen LogP contribution in [-0.2, 0) is 11.3 Å². The van der Waals surface area contributed by atoms with Gasteiger partial charge in [0.15, 0.2) is 0 Å². The number of aliphatic carboxylic acids is 1. The number of carboxylic acids is 1. The summed E-state index contributed by atoms with van der Waals surface area (Å²) in [6.07, 6.45) is 4.45. The molecular weight excluding hydrogens is 172 g/mol. The molecule has 1 atom stereocenters. The average Bonchev–Trinajstić information content (AvgIpc) is 2.56. The number of aryl methyl sites for hydroxylation is 1. The third-order valence-electron chi connectivity index (χ3n) is 1.69. The average molecular weight is 184 g/mol. The molecule has 0 bridgehead atoms. The molecule has 1 aromatic heterocycles. The lowest BCUT2D eigenvalue weighted by Gasteiger charge is -2.04. The number of hydrogen-bond acceptors (Lipinski definition) is 4. The Labute approximate surface area is 75.3 Å². The van der Waals surface area contributed by atoms with E-state index in [0.717, 1.165) is 0 Å². The molecule has 6 nitrogen and oxygen atoms in total. The van der Waals surface area contributed by atoms with Gasteiger partial charge in [-0.05, 0) is 12.8 Å². The first-order valence-electron chi connectivity index (χ1n) is 4.02. The van der Waals surface area contributed by atoms with Crippen molar-refractivity contribution in [3.8, 4) is 0 Å². The molecule has 13 heavy (non-hydrogen) atoms. The molecule has 3 N–H and O–H groups in total. The fourth-order valence-electron chi connectivity index (χ4n) is 0.949. The molecule has 0 aromatic carbocycles. The highest BCUT2D eigenvalue weighted by atomic mass is 16.4. The summed E-state index contributed by atoms with van der Waals surface area (Å²) < 4.78 is 1.65. The highest BCUT2D eigenvalue weighted by Crippen LogP contribution is 1.97. The number of rotatable bonds is 5. The first kappa shape index (κ1) is 9.66. The summed E-state index contributed by atoms with van der Waals surface area (Å²) in [7, 11) is 0. The molecule has 0 amide bonds. The van der Waals surface area contributed by atoms with Crippen LogP contribution >= 0.6 is 0 Å². The van der Waals surface area contributed by atoms with E-state index < -0.39 is 12.0 Å². The maximum absolute atomic E-state index is 10.3. The molecule has 0 spiro atoms. The van der Waals surface area contributed by atoms with E-state index in [4.69, 9.17) is 10.8 Å². The monoisotopic (exact) mass is 184 g/mol. The molecule has 1 aromatic rings. The van der Waals surface area contributed by atoms with Crippen LogP contribution in [0.2, 0.25) is 0 Å². The van der Waals surface area contributed by atoms with Crippen LogP contribution < -0.4 is 5.73 Å². The standard InChI is InChI=1S/C7H12N4O2/c8-6(7(12)13)2-1-4-11-5-3-9-10-11/h3,5-6H,1-2,4,8H2,(H,12,13). The van der Waals surface area contributed by atoms with Crippen LogP contribution in [0.25, 0.3) is 0 Å². The van der Waals surface area contributed by atoms with E-state index in [1.54, 1.807) is 17.1 Å². The van der Waals surface area contributed by atoms with Crippen molar-refractivity contribution in [1.82, 2.24) is 15.0 Å². The fourth-order valence-corrected chi connectivity index (χ4v) is 0.949. The lowest BCUT2D eigenvalue weighted by molar-refractivity contribution is -0.138. The van der Waals surface area contributed by atoms with Crippen molar-refractivity contribution in [2.24, 2.45) is 5.73 Å². The van der Waals surface area contributed by atoms with Gasteiger partial charge in [-0.1, -0.05) is 5.21 Å². The molecule has 0 aliphatic heterocycles. The van der Waals surface area contributed by atoms with Gasteiger partial charge in [-0.3, -0.25) is 9.48 Å². The molecule has 72 valence electrons. The second kappa shape index (κ2) is 4.56. The largest absolute Gasteiger partial charge is 0.480 e. The van der Waals surface area contributed by atoms with Gasteiger partial charge in [0, 0.05) is 12.7 Å². The Hall–Kier alpha value is -1.43. The number of hydrogen-bond donors (Lipinski definition) is 2. The Morgan fingerprint density at radius 3 is 3.00 bits per heavy atom. The van der Waals surface area contributed by atoms with Gasteiger partial charge in [0.1, 0.15) is 6.04 Å². The second-order valence-corrected chi connectivity index (χ2v) is 2.75. The Kier molecular flexibility index (Phi) is 3.39. The van der Waals surface area contributed by atoms with E-state index in [1.165, 1.54) is 0 Å². The van der Waals surface area contributed by atoms with Crippen LogP contribution in [-0.4, -0.2) is 32.1 Å². The quantitative estimate of drug-likeness (QED) is 0.641. The van der Waals surface area contributed by atoms with Crippen molar-refractivity contribution in [3.05, 3.63) is 12.4 Å². The lowest BCUT2D eigenvalue weighted by atomic mass is 10.2. The zero-order valence-electron chi connectivity index (χ0n) is 7.13. The molecular formula is C7H12N4O2. The summed E-state index contributed by atoms with van der Waals surface area (Å²) in [6.45, 7) is 0.654. The van der Waals surface area contributed by atoms with E-state index in [9.17, 15) is 4.79 Å². The Balaban J connectivity index is 2.18. The van der Waals surface area contributed by atoms with Crippen LogP contribution in [0, 0.1) is 0 Å². The Bertz CT molecular complexity index is 259. The summed E-state index contributed by atoms with van der Waals surface area (Å²) in [4.78, 5) is 10.3. The van der Waals surface area contributed by atoms with Crippen LogP contribution in [0.15, 0.2) is 12.4 Å². The summed E-state index contributed by atoms with van der Waals surface area (Å²) in [5, 5.41) is 15.8. The molecule has 0 radical (unpaired) electrons. The number of carboxylic acid groups (broad SMARTS) is 1. The number of carbonyl (C=O) groups is 1. The molecule has 0 aliphatic carbocycles. The summed E-state index contributed by atoms with van der Waals surface area (Å²) in [5.41, 5.74) is 5.31. The van der Waals surface area contributed by atoms with Gasteiger partial charge in [0.05, 0.1) is 6.20 Å². The van der Waals surface area contributed by atoms with Gasteiger partial charge in [0.2, 0.25) is 0 Å². The van der Waals surface area contributed by atoms with Crippen LogP contribution in [0.4, 0.5) is 0 Å². The zero-order valence-corrected chi connectivity index (χ0v) is 7.13. The predicted molar refractivity (Wildman–Crippen MR) is 44.9 cm³/mol. The molecule has 1 heterocycles. The molecule has 0 saturated carbocycles. The van der Waals surface area contributed by atoms with Gasteiger partial charge in [0.25, 0.3) is 0 Å². The molecule has 0 saturated heterocycles. The fraction of sp³-hybridized carbons (Fsp3) is 0.571. The summed E-state index contributed by atoms with van der Waals surface area (Å²) >= 11 is 0. The zero-order chi connectivity index (χ0) is 9.68. The van der Waals surface area contributed by atoms with Crippen molar-refractivity contribution in [3.63, 3.8) is 0 Å². The highest BCUT2D eigenvalue weighted by molar-refractivity contribution is 5.72. The van der Waals surface area contributed by atoms with Gasteiger partial charge in [-0.25, -0.2) is 0 Å². The molecule has 1 unspecified atom stereocenters. The maximum atomic E-state index is 10.3. The third-order valence-corrected chi connectivity index (χ3v) is 1.69. The topological polar surface area (TPSA) is 94.0 Å². The summed E-state index contributed by atoms with van der Waals surface area (Å²) in [6, 6.07) is -0.775. The van der Waals surface area contributed by atoms with Crippen LogP contribution in [0.1, 0.15) is 12.8 Å². The van der Waals surface area contributed by atoms with Crippen molar-refractivity contribution >= 4 is 5.97 Å². The van der Waals surface area contributed by atoms with Crippen molar-refractivity contribution < 1.29 is 9.90 Å². The highest BCUT2D eigenvalue weighted by Gasteiger charge is 2.10. The number of nitrogens with zero attached hydrogens (tertiary/aromatic N) is 3. The molecule has 6 heteroatoms. The molecule has 0 aliphatic rings. The SMILES string of the molecule is NC(CCCn1ccnn1)C(=O)O. The smallest absolute Gasteiger partial charge is 0.320 e. The number of aromatic nitrogens is 3. The Morgan fingerprint density at radius 1 is 1.69 bits per heavy atom. The predicted octanol–water partition coefficient (Wildman–Crippen LogP) is -0.530. The van der Waals surface area contributed by atoms with Crippen molar-refractivity contribution in [1.29, 1.82) is 0 Å². The third kappa shape index (κ3) is 3.20. The van der Waals surface area contributed by atoms with E-state index in [1.807, 2.05) is 0 Å². The Morgan fingerprint density at radius 2 is 2.46 bits per heavy atom. The minimum absolute atomic E-state index is 0.454. The van der Waals surface area contributed by atoms with Gasteiger partial charge < -0.3 is 10.8 Å². The van der Waals surface area contributed by atoms with E-state index in [2.05, 4.69) is 10.3 Å².